The third-order valence-electron chi connectivity index (χ3n) is 2.62. The average molecular weight is 287 g/mol. The van der Waals surface area contributed by atoms with Crippen LogP contribution in [0.25, 0.3) is 0 Å². The van der Waals surface area contributed by atoms with Gasteiger partial charge in [-0.3, -0.25) is 4.98 Å². The number of nitrogens with zero attached hydrogens (tertiary/aromatic N) is 2. The molecule has 104 valence electrons. The molecule has 0 fully saturated rings. The van der Waals surface area contributed by atoms with Crippen molar-refractivity contribution < 1.29 is 4.79 Å². The van der Waals surface area contributed by atoms with Gasteiger partial charge in [-0.15, -0.1) is 11.8 Å². The Morgan fingerprint density at radius 2 is 1.95 bits per heavy atom. The summed E-state index contributed by atoms with van der Waals surface area (Å²) in [5.74, 6) is 0.838. The number of nitrogens with one attached hydrogen (secondary N) is 1. The predicted octanol–water partition coefficient (Wildman–Crippen LogP) is 3.47. The molecule has 0 saturated heterocycles. The number of aromatic nitrogens is 1. The molecule has 1 heterocycles. The summed E-state index contributed by atoms with van der Waals surface area (Å²) in [6, 6.07) is 13.6. The van der Waals surface area contributed by atoms with Crippen molar-refractivity contribution in [3.05, 3.63) is 54.4 Å². The first kappa shape index (κ1) is 14.4. The Kier molecular flexibility index (Phi) is 5.01. The van der Waals surface area contributed by atoms with Crippen LogP contribution in [0.2, 0.25) is 0 Å². The van der Waals surface area contributed by atoms with Gasteiger partial charge in [0.25, 0.3) is 0 Å². The number of rotatable bonds is 4. The number of hydrogen-bond acceptors (Lipinski definition) is 3. The van der Waals surface area contributed by atoms with Crippen LogP contribution >= 0.6 is 11.8 Å². The molecule has 5 heteroatoms. The van der Waals surface area contributed by atoms with Gasteiger partial charge in [0.1, 0.15) is 0 Å². The Morgan fingerprint density at radius 3 is 2.55 bits per heavy atom. The van der Waals surface area contributed by atoms with Gasteiger partial charge in [0.05, 0.1) is 5.69 Å². The van der Waals surface area contributed by atoms with Gasteiger partial charge in [0, 0.05) is 36.6 Å². The summed E-state index contributed by atoms with van der Waals surface area (Å²) < 4.78 is 0. The highest BCUT2D eigenvalue weighted by atomic mass is 32.2. The zero-order valence-corrected chi connectivity index (χ0v) is 12.4. The molecule has 0 radical (unpaired) electrons. The molecule has 0 aliphatic carbocycles. The van der Waals surface area contributed by atoms with Crippen molar-refractivity contribution in [2.24, 2.45) is 0 Å². The summed E-state index contributed by atoms with van der Waals surface area (Å²) in [5.41, 5.74) is 1.85. The van der Waals surface area contributed by atoms with Gasteiger partial charge in [-0.05, 0) is 36.4 Å². The van der Waals surface area contributed by atoms with Gasteiger partial charge < -0.3 is 10.2 Å². The summed E-state index contributed by atoms with van der Waals surface area (Å²) in [6.45, 7) is 0. The fraction of sp³-hybridized carbons (Fsp3) is 0.200. The number of pyridine rings is 1. The fourth-order valence-corrected chi connectivity index (χ4v) is 2.32. The van der Waals surface area contributed by atoms with Gasteiger partial charge in [0.15, 0.2) is 0 Å². The number of benzene rings is 1. The SMILES string of the molecule is CN(C)C(=O)Nc1ccc(SCc2ccccn2)cc1. The summed E-state index contributed by atoms with van der Waals surface area (Å²) in [5, 5.41) is 2.81. The van der Waals surface area contributed by atoms with Crippen molar-refractivity contribution in [1.82, 2.24) is 9.88 Å². The maximum atomic E-state index is 11.5. The normalized spacial score (nSPS) is 10.1. The molecule has 4 nitrogen and oxygen atoms in total. The lowest BCUT2D eigenvalue weighted by atomic mass is 10.3. The molecular weight excluding hydrogens is 270 g/mol. The van der Waals surface area contributed by atoms with Crippen molar-refractivity contribution in [2.75, 3.05) is 19.4 Å². The highest BCUT2D eigenvalue weighted by Crippen LogP contribution is 2.23. The van der Waals surface area contributed by atoms with Crippen molar-refractivity contribution in [1.29, 1.82) is 0 Å². The van der Waals surface area contributed by atoms with Crippen LogP contribution in [-0.2, 0) is 5.75 Å². The molecule has 2 aromatic rings. The van der Waals surface area contributed by atoms with E-state index < -0.39 is 0 Å². The molecule has 20 heavy (non-hydrogen) atoms. The summed E-state index contributed by atoms with van der Waals surface area (Å²) in [4.78, 5) is 18.5. The minimum Gasteiger partial charge on any atom is -0.331 e. The van der Waals surface area contributed by atoms with Crippen LogP contribution in [0.1, 0.15) is 5.69 Å². The fourth-order valence-electron chi connectivity index (χ4n) is 1.51. The molecule has 2 amide bonds. The molecule has 0 spiro atoms. The Hall–Kier alpha value is -2.01. The molecule has 0 aliphatic rings. The number of amides is 2. The van der Waals surface area contributed by atoms with Crippen LogP contribution in [-0.4, -0.2) is 30.0 Å². The Morgan fingerprint density at radius 1 is 1.20 bits per heavy atom. The molecule has 1 N–H and O–H groups in total. The molecule has 0 unspecified atom stereocenters. The zero-order valence-electron chi connectivity index (χ0n) is 11.5. The standard InChI is InChI=1S/C15H17N3OS/c1-18(2)15(19)17-12-6-8-14(9-7-12)20-11-13-5-3-4-10-16-13/h3-10H,11H2,1-2H3,(H,17,19). The highest BCUT2D eigenvalue weighted by molar-refractivity contribution is 7.98. The van der Waals surface area contributed by atoms with E-state index in [1.807, 2.05) is 42.5 Å². The van der Waals surface area contributed by atoms with E-state index in [0.717, 1.165) is 22.0 Å². The predicted molar refractivity (Wildman–Crippen MR) is 82.9 cm³/mol. The third kappa shape index (κ3) is 4.28. The first-order chi connectivity index (χ1) is 9.65. The lowest BCUT2D eigenvalue weighted by Gasteiger charge is -2.12. The van der Waals surface area contributed by atoms with E-state index in [2.05, 4.69) is 10.3 Å². The maximum absolute atomic E-state index is 11.5. The van der Waals surface area contributed by atoms with E-state index in [-0.39, 0.29) is 6.03 Å². The van der Waals surface area contributed by atoms with E-state index in [1.54, 1.807) is 32.1 Å². The van der Waals surface area contributed by atoms with Crippen LogP contribution in [0, 0.1) is 0 Å². The topological polar surface area (TPSA) is 45.2 Å². The minimum absolute atomic E-state index is 0.126. The number of carbonyl (C=O) groups is 1. The molecule has 1 aromatic carbocycles. The zero-order chi connectivity index (χ0) is 14.4. The second kappa shape index (κ2) is 6.96. The number of anilines is 1. The monoisotopic (exact) mass is 287 g/mol. The van der Waals surface area contributed by atoms with E-state index in [9.17, 15) is 4.79 Å². The van der Waals surface area contributed by atoms with E-state index in [4.69, 9.17) is 0 Å². The summed E-state index contributed by atoms with van der Waals surface area (Å²) in [6.07, 6.45) is 1.80. The second-order valence-electron chi connectivity index (χ2n) is 4.46. The summed E-state index contributed by atoms with van der Waals surface area (Å²) >= 11 is 1.72. The van der Waals surface area contributed by atoms with E-state index >= 15 is 0 Å². The molecule has 0 saturated carbocycles. The molecule has 2 rings (SSSR count). The molecule has 0 bridgehead atoms. The molecule has 1 aromatic heterocycles. The molecular formula is C15H17N3OS. The first-order valence-electron chi connectivity index (χ1n) is 6.26. The number of urea groups is 1. The van der Waals surface area contributed by atoms with Gasteiger partial charge >= 0.3 is 6.03 Å². The quantitative estimate of drug-likeness (QED) is 0.876. The second-order valence-corrected chi connectivity index (χ2v) is 5.51. The molecule has 0 atom stereocenters. The third-order valence-corrected chi connectivity index (χ3v) is 3.67. The lowest BCUT2D eigenvalue weighted by Crippen LogP contribution is -2.27. The van der Waals surface area contributed by atoms with Crippen molar-refractivity contribution in [3.63, 3.8) is 0 Å². The van der Waals surface area contributed by atoms with Gasteiger partial charge in [0.2, 0.25) is 0 Å². The number of hydrogen-bond donors (Lipinski definition) is 1. The summed E-state index contributed by atoms with van der Waals surface area (Å²) in [7, 11) is 3.43. The highest BCUT2D eigenvalue weighted by Gasteiger charge is 2.03. The van der Waals surface area contributed by atoms with Crippen LogP contribution in [0.4, 0.5) is 10.5 Å². The van der Waals surface area contributed by atoms with Crippen LogP contribution in [0.15, 0.2) is 53.6 Å². The average Bonchev–Trinajstić information content (AvgIpc) is 2.47. The maximum Gasteiger partial charge on any atom is 0.321 e. The Labute approximate surface area is 123 Å². The van der Waals surface area contributed by atoms with Gasteiger partial charge in [-0.25, -0.2) is 4.79 Å². The van der Waals surface area contributed by atoms with Crippen molar-refractivity contribution in [2.45, 2.75) is 10.6 Å². The number of thioether (sulfide) groups is 1. The smallest absolute Gasteiger partial charge is 0.321 e. The van der Waals surface area contributed by atoms with Crippen LogP contribution < -0.4 is 5.32 Å². The first-order valence-corrected chi connectivity index (χ1v) is 7.25. The van der Waals surface area contributed by atoms with E-state index in [0.29, 0.717) is 0 Å². The van der Waals surface area contributed by atoms with Crippen LogP contribution in [0.3, 0.4) is 0 Å². The minimum atomic E-state index is -0.126. The number of carbonyl (C=O) groups excluding carboxylic acids is 1. The van der Waals surface area contributed by atoms with Gasteiger partial charge in [-0.2, -0.15) is 0 Å². The molecule has 0 aliphatic heterocycles. The Balaban J connectivity index is 1.90. The Bertz CT molecular complexity index is 555. The lowest BCUT2D eigenvalue weighted by molar-refractivity contribution is 0.230. The van der Waals surface area contributed by atoms with Gasteiger partial charge in [-0.1, -0.05) is 6.07 Å². The largest absolute Gasteiger partial charge is 0.331 e. The van der Waals surface area contributed by atoms with Crippen LogP contribution in [0.5, 0.6) is 0 Å². The van der Waals surface area contributed by atoms with Crippen molar-refractivity contribution in [3.8, 4) is 0 Å². The van der Waals surface area contributed by atoms with Crippen molar-refractivity contribution >= 4 is 23.5 Å². The van der Waals surface area contributed by atoms with E-state index in [1.165, 1.54) is 4.90 Å².